The van der Waals surface area contributed by atoms with Gasteiger partial charge in [0.2, 0.25) is 5.91 Å². The second-order valence-electron chi connectivity index (χ2n) is 6.15. The molecule has 2 aromatic heterocycles. The topological polar surface area (TPSA) is 47.4 Å². The quantitative estimate of drug-likeness (QED) is 0.707. The van der Waals surface area contributed by atoms with Crippen LogP contribution in [0, 0.1) is 5.82 Å². The first kappa shape index (κ1) is 16.8. The molecule has 0 bridgehead atoms. The molecule has 0 radical (unpaired) electrons. The van der Waals surface area contributed by atoms with Gasteiger partial charge in [-0.2, -0.15) is 0 Å². The number of fused-ring (bicyclic) bond motifs is 1. The molecule has 0 saturated heterocycles. The van der Waals surface area contributed by atoms with E-state index in [1.54, 1.807) is 28.4 Å². The maximum atomic E-state index is 13.8. The molecular formula is C19H18FN3O2S. The number of methoxy groups -OCH3 is 1. The van der Waals surface area contributed by atoms with Gasteiger partial charge in [-0.15, -0.1) is 11.3 Å². The number of hydrogen-bond acceptors (Lipinski definition) is 4. The molecule has 0 N–H and O–H groups in total. The Bertz CT molecular complexity index is 936. The number of rotatable bonds is 4. The summed E-state index contributed by atoms with van der Waals surface area (Å²) in [6.07, 6.45) is 2.04. The van der Waals surface area contributed by atoms with Crippen molar-refractivity contribution in [2.75, 3.05) is 13.7 Å². The summed E-state index contributed by atoms with van der Waals surface area (Å²) in [6, 6.07) is 8.72. The summed E-state index contributed by atoms with van der Waals surface area (Å²) < 4.78 is 20.9. The van der Waals surface area contributed by atoms with E-state index < -0.39 is 5.82 Å². The first-order valence-electron chi connectivity index (χ1n) is 8.34. The fraction of sp³-hybridized carbons (Fsp3) is 0.263. The third-order valence-corrected chi connectivity index (χ3v) is 5.45. The highest BCUT2D eigenvalue weighted by molar-refractivity contribution is 7.13. The van der Waals surface area contributed by atoms with Gasteiger partial charge in [0.15, 0.2) is 11.6 Å². The number of halogens is 1. The lowest BCUT2D eigenvalue weighted by Crippen LogP contribution is -2.39. The molecule has 7 heteroatoms. The molecule has 3 aromatic rings. The fourth-order valence-corrected chi connectivity index (χ4v) is 3.94. The van der Waals surface area contributed by atoms with Crippen LogP contribution in [0.3, 0.4) is 0 Å². The van der Waals surface area contributed by atoms with E-state index in [0.29, 0.717) is 25.2 Å². The summed E-state index contributed by atoms with van der Waals surface area (Å²) in [5.41, 5.74) is 1.74. The third kappa shape index (κ3) is 3.10. The van der Waals surface area contributed by atoms with Gasteiger partial charge in [0.25, 0.3) is 0 Å². The minimum Gasteiger partial charge on any atom is -0.494 e. The molecule has 1 aromatic carbocycles. The number of hydrogen-bond donors (Lipinski definition) is 0. The number of amides is 1. The van der Waals surface area contributed by atoms with Crippen molar-refractivity contribution in [2.24, 2.45) is 0 Å². The van der Waals surface area contributed by atoms with E-state index in [-0.39, 0.29) is 18.1 Å². The lowest BCUT2D eigenvalue weighted by Gasteiger charge is -2.28. The van der Waals surface area contributed by atoms with Crippen molar-refractivity contribution < 1.29 is 13.9 Å². The lowest BCUT2D eigenvalue weighted by atomic mass is 10.1. The maximum absolute atomic E-state index is 13.8. The fourth-order valence-electron chi connectivity index (χ4n) is 3.20. The second kappa shape index (κ2) is 6.92. The number of carbonyl (C=O) groups excluding carboxylic acids is 1. The minimum atomic E-state index is -0.451. The van der Waals surface area contributed by atoms with Crippen molar-refractivity contribution in [1.82, 2.24) is 14.5 Å². The van der Waals surface area contributed by atoms with Crippen LogP contribution in [0.1, 0.15) is 11.4 Å². The summed E-state index contributed by atoms with van der Waals surface area (Å²) in [5, 5.41) is 2.04. The van der Waals surface area contributed by atoms with Crippen molar-refractivity contribution in [3.05, 3.63) is 59.1 Å². The van der Waals surface area contributed by atoms with E-state index in [4.69, 9.17) is 4.74 Å². The predicted molar refractivity (Wildman–Crippen MR) is 97.6 cm³/mol. The molecule has 0 saturated carbocycles. The Kier molecular flexibility index (Phi) is 4.46. The van der Waals surface area contributed by atoms with Gasteiger partial charge in [0.05, 0.1) is 36.8 Å². The molecule has 0 fully saturated rings. The molecule has 0 spiro atoms. The van der Waals surface area contributed by atoms with E-state index in [1.807, 2.05) is 17.6 Å². The largest absolute Gasteiger partial charge is 0.494 e. The van der Waals surface area contributed by atoms with Gasteiger partial charge in [0.1, 0.15) is 5.82 Å². The van der Waals surface area contributed by atoms with Gasteiger partial charge in [0, 0.05) is 13.1 Å². The van der Waals surface area contributed by atoms with Gasteiger partial charge >= 0.3 is 0 Å². The van der Waals surface area contributed by atoms with E-state index >= 15 is 0 Å². The van der Waals surface area contributed by atoms with Gasteiger partial charge < -0.3 is 14.2 Å². The molecule has 1 amide bonds. The van der Waals surface area contributed by atoms with Crippen molar-refractivity contribution in [3.8, 4) is 16.3 Å². The molecule has 4 rings (SSSR count). The third-order valence-electron chi connectivity index (χ3n) is 4.56. The molecule has 0 unspecified atom stereocenters. The second-order valence-corrected chi connectivity index (χ2v) is 7.10. The van der Waals surface area contributed by atoms with Crippen LogP contribution in [-0.4, -0.2) is 34.0 Å². The zero-order chi connectivity index (χ0) is 18.1. The lowest BCUT2D eigenvalue weighted by molar-refractivity contribution is -0.132. The molecule has 0 atom stereocenters. The molecule has 5 nitrogen and oxygen atoms in total. The number of ether oxygens (including phenoxy) is 1. The zero-order valence-corrected chi connectivity index (χ0v) is 15.1. The minimum absolute atomic E-state index is 0.0264. The highest BCUT2D eigenvalue weighted by Gasteiger charge is 2.24. The molecular weight excluding hydrogens is 353 g/mol. The highest BCUT2D eigenvalue weighted by atomic mass is 32.1. The summed E-state index contributed by atoms with van der Waals surface area (Å²) in [6.45, 7) is 1.81. The van der Waals surface area contributed by atoms with Crippen LogP contribution < -0.4 is 4.74 Å². The predicted octanol–water partition coefficient (Wildman–Crippen LogP) is 3.34. The van der Waals surface area contributed by atoms with Crippen LogP contribution in [0.5, 0.6) is 5.75 Å². The van der Waals surface area contributed by atoms with Crippen molar-refractivity contribution in [3.63, 3.8) is 0 Å². The van der Waals surface area contributed by atoms with Gasteiger partial charge in [-0.25, -0.2) is 9.37 Å². The summed E-state index contributed by atoms with van der Waals surface area (Å²) >= 11 is 1.68. The number of imidazole rings is 1. The average Bonchev–Trinajstić information content (AvgIpc) is 3.30. The standard InChI is InChI=1S/C19H18FN3O2S/c1-25-16-5-4-13(9-14(16)20)10-19(24)22-6-7-23-15(11-21-18(23)12-22)17-3-2-8-26-17/h2-5,8-9,11H,6-7,10,12H2,1H3. The first-order valence-corrected chi connectivity index (χ1v) is 9.22. The number of thiophene rings is 1. The van der Waals surface area contributed by atoms with Crippen LogP contribution in [0.2, 0.25) is 0 Å². The maximum Gasteiger partial charge on any atom is 0.227 e. The van der Waals surface area contributed by atoms with Crippen molar-refractivity contribution in [2.45, 2.75) is 19.5 Å². The Labute approximate surface area is 154 Å². The van der Waals surface area contributed by atoms with E-state index in [2.05, 4.69) is 15.6 Å². The monoisotopic (exact) mass is 371 g/mol. The van der Waals surface area contributed by atoms with Gasteiger partial charge in [-0.1, -0.05) is 12.1 Å². The SMILES string of the molecule is COc1ccc(CC(=O)N2CCn3c(-c4cccs4)cnc3C2)cc1F. The molecule has 26 heavy (non-hydrogen) atoms. The number of benzene rings is 1. The summed E-state index contributed by atoms with van der Waals surface area (Å²) in [4.78, 5) is 20.1. The Morgan fingerprint density at radius 3 is 2.96 bits per heavy atom. The van der Waals surface area contributed by atoms with Crippen LogP contribution in [0.15, 0.2) is 41.9 Å². The van der Waals surface area contributed by atoms with Gasteiger partial charge in [-0.05, 0) is 29.1 Å². The molecule has 0 aliphatic carbocycles. The Balaban J connectivity index is 1.47. The first-order chi connectivity index (χ1) is 12.7. The normalized spacial score (nSPS) is 13.5. The Hall–Kier alpha value is -2.67. The van der Waals surface area contributed by atoms with Crippen LogP contribution in [0.25, 0.3) is 10.6 Å². The molecule has 3 heterocycles. The smallest absolute Gasteiger partial charge is 0.227 e. The summed E-state index contributed by atoms with van der Waals surface area (Å²) in [5.74, 6) is 0.588. The van der Waals surface area contributed by atoms with Crippen LogP contribution in [-0.2, 0) is 24.3 Å². The van der Waals surface area contributed by atoms with Crippen molar-refractivity contribution in [1.29, 1.82) is 0 Å². The number of carbonyl (C=O) groups is 1. The molecule has 134 valence electrons. The molecule has 1 aliphatic rings. The van der Waals surface area contributed by atoms with Crippen molar-refractivity contribution >= 4 is 17.2 Å². The van der Waals surface area contributed by atoms with E-state index in [0.717, 1.165) is 11.5 Å². The number of aromatic nitrogens is 2. The average molecular weight is 371 g/mol. The van der Waals surface area contributed by atoms with Gasteiger partial charge in [-0.3, -0.25) is 4.79 Å². The summed E-state index contributed by atoms with van der Waals surface area (Å²) in [7, 11) is 1.42. The Morgan fingerprint density at radius 2 is 2.23 bits per heavy atom. The van der Waals surface area contributed by atoms with Crippen LogP contribution in [0.4, 0.5) is 4.39 Å². The van der Waals surface area contributed by atoms with E-state index in [1.165, 1.54) is 18.1 Å². The molecule has 1 aliphatic heterocycles. The van der Waals surface area contributed by atoms with E-state index in [9.17, 15) is 9.18 Å². The van der Waals surface area contributed by atoms with Crippen LogP contribution >= 0.6 is 11.3 Å². The number of nitrogens with zero attached hydrogens (tertiary/aromatic N) is 3. The zero-order valence-electron chi connectivity index (χ0n) is 14.3. The highest BCUT2D eigenvalue weighted by Crippen LogP contribution is 2.28. The Morgan fingerprint density at radius 1 is 1.35 bits per heavy atom.